The van der Waals surface area contributed by atoms with Crippen molar-refractivity contribution in [1.82, 2.24) is 4.90 Å². The zero-order valence-corrected chi connectivity index (χ0v) is 8.97. The van der Waals surface area contributed by atoms with E-state index in [0.29, 0.717) is 0 Å². The molecule has 14 heavy (non-hydrogen) atoms. The first kappa shape index (κ1) is 9.34. The molecule has 1 aliphatic heterocycles. The summed E-state index contributed by atoms with van der Waals surface area (Å²) in [4.78, 5) is 14.6. The maximum Gasteiger partial charge on any atom is 0.224 e. The Labute approximate surface area is 87.6 Å². The Morgan fingerprint density at radius 1 is 1.21 bits per heavy atom. The molecular weight excluding hydrogens is 194 g/mol. The zero-order chi connectivity index (χ0) is 10.1. The molecule has 1 aromatic rings. The smallest absolute Gasteiger partial charge is 0.224 e. The predicted molar refractivity (Wildman–Crippen MR) is 60.0 cm³/mol. The SMILES string of the molecule is CN(C)/C=C1/SC(=O)c2ccccc21. The number of rotatable bonds is 1. The van der Waals surface area contributed by atoms with Gasteiger partial charge in [0.15, 0.2) is 0 Å². The first-order valence-corrected chi connectivity index (χ1v) is 5.20. The number of carbonyl (C=O) groups excluding carboxylic acids is 1. The molecule has 0 unspecified atom stereocenters. The molecule has 0 saturated heterocycles. The molecule has 0 aromatic heterocycles. The van der Waals surface area contributed by atoms with Crippen molar-refractivity contribution in [1.29, 1.82) is 0 Å². The third kappa shape index (κ3) is 1.55. The van der Waals surface area contributed by atoms with Crippen molar-refractivity contribution >= 4 is 21.8 Å². The summed E-state index contributed by atoms with van der Waals surface area (Å²) < 4.78 is 0. The van der Waals surface area contributed by atoms with Gasteiger partial charge in [0.1, 0.15) is 0 Å². The average molecular weight is 205 g/mol. The number of benzene rings is 1. The summed E-state index contributed by atoms with van der Waals surface area (Å²) in [6, 6.07) is 7.72. The van der Waals surface area contributed by atoms with Crippen molar-refractivity contribution in [2.75, 3.05) is 14.1 Å². The second-order valence-electron chi connectivity index (χ2n) is 3.39. The molecule has 0 spiro atoms. The highest BCUT2D eigenvalue weighted by molar-refractivity contribution is 8.22. The summed E-state index contributed by atoms with van der Waals surface area (Å²) in [5.74, 6) is 0. The molecule has 0 atom stereocenters. The van der Waals surface area contributed by atoms with Gasteiger partial charge in [0.25, 0.3) is 0 Å². The Bertz CT molecular complexity index is 410. The normalized spacial score (nSPS) is 17.3. The first-order chi connectivity index (χ1) is 6.68. The van der Waals surface area contributed by atoms with E-state index in [2.05, 4.69) is 0 Å². The number of carbonyl (C=O) groups is 1. The van der Waals surface area contributed by atoms with Crippen molar-refractivity contribution in [2.24, 2.45) is 0 Å². The highest BCUT2D eigenvalue weighted by atomic mass is 32.2. The molecule has 1 aliphatic rings. The van der Waals surface area contributed by atoms with E-state index < -0.39 is 0 Å². The largest absolute Gasteiger partial charge is 0.383 e. The van der Waals surface area contributed by atoms with Crippen LogP contribution < -0.4 is 0 Å². The van der Waals surface area contributed by atoms with E-state index >= 15 is 0 Å². The second kappa shape index (κ2) is 3.50. The van der Waals surface area contributed by atoms with Crippen LogP contribution in [0.3, 0.4) is 0 Å². The molecule has 1 heterocycles. The monoisotopic (exact) mass is 205 g/mol. The maximum absolute atomic E-state index is 11.6. The Balaban J connectivity index is 2.49. The fraction of sp³-hybridized carbons (Fsp3) is 0.182. The zero-order valence-electron chi connectivity index (χ0n) is 8.15. The Morgan fingerprint density at radius 2 is 1.86 bits per heavy atom. The van der Waals surface area contributed by atoms with Gasteiger partial charge in [-0.1, -0.05) is 18.2 Å². The minimum absolute atomic E-state index is 0.147. The number of hydrogen-bond donors (Lipinski definition) is 0. The van der Waals surface area contributed by atoms with Gasteiger partial charge in [-0.15, -0.1) is 0 Å². The van der Waals surface area contributed by atoms with E-state index in [4.69, 9.17) is 0 Å². The van der Waals surface area contributed by atoms with E-state index in [1.807, 2.05) is 49.5 Å². The van der Waals surface area contributed by atoms with Crippen molar-refractivity contribution in [3.63, 3.8) is 0 Å². The van der Waals surface area contributed by atoms with Crippen molar-refractivity contribution in [3.8, 4) is 0 Å². The minimum Gasteiger partial charge on any atom is -0.383 e. The van der Waals surface area contributed by atoms with Crippen LogP contribution in [0.15, 0.2) is 30.5 Å². The number of thioether (sulfide) groups is 1. The molecule has 0 bridgehead atoms. The number of fused-ring (bicyclic) bond motifs is 1. The third-order valence-electron chi connectivity index (χ3n) is 1.99. The van der Waals surface area contributed by atoms with Crippen LogP contribution in [0, 0.1) is 0 Å². The van der Waals surface area contributed by atoms with Gasteiger partial charge in [-0.05, 0) is 17.8 Å². The van der Waals surface area contributed by atoms with Crippen LogP contribution in [0.5, 0.6) is 0 Å². The van der Waals surface area contributed by atoms with Gasteiger partial charge in [-0.3, -0.25) is 4.79 Å². The van der Waals surface area contributed by atoms with Gasteiger partial charge in [-0.2, -0.15) is 0 Å². The van der Waals surface area contributed by atoms with Gasteiger partial charge < -0.3 is 4.90 Å². The summed E-state index contributed by atoms with van der Waals surface area (Å²) in [6.45, 7) is 0. The van der Waals surface area contributed by atoms with Crippen molar-refractivity contribution < 1.29 is 4.79 Å². The number of nitrogens with zero attached hydrogens (tertiary/aromatic N) is 1. The number of hydrogen-bond acceptors (Lipinski definition) is 3. The van der Waals surface area contributed by atoms with Gasteiger partial charge in [0, 0.05) is 36.3 Å². The van der Waals surface area contributed by atoms with Crippen LogP contribution in [-0.2, 0) is 0 Å². The molecule has 0 fully saturated rings. The summed E-state index contributed by atoms with van der Waals surface area (Å²) in [5, 5.41) is 0.147. The molecule has 0 saturated carbocycles. The molecule has 2 rings (SSSR count). The minimum atomic E-state index is 0.147. The fourth-order valence-electron chi connectivity index (χ4n) is 1.42. The van der Waals surface area contributed by atoms with E-state index in [1.165, 1.54) is 11.8 Å². The van der Waals surface area contributed by atoms with E-state index in [0.717, 1.165) is 16.0 Å². The van der Waals surface area contributed by atoms with Crippen LogP contribution in [0.25, 0.3) is 4.91 Å². The summed E-state index contributed by atoms with van der Waals surface area (Å²) in [5.41, 5.74) is 1.88. The maximum atomic E-state index is 11.6. The van der Waals surface area contributed by atoms with Crippen molar-refractivity contribution in [2.45, 2.75) is 0 Å². The molecule has 3 heteroatoms. The van der Waals surface area contributed by atoms with Crippen LogP contribution in [0.2, 0.25) is 0 Å². The lowest BCUT2D eigenvalue weighted by atomic mass is 10.1. The molecular formula is C11H11NOS. The topological polar surface area (TPSA) is 20.3 Å². The van der Waals surface area contributed by atoms with Gasteiger partial charge in [0.2, 0.25) is 5.12 Å². The second-order valence-corrected chi connectivity index (χ2v) is 4.41. The van der Waals surface area contributed by atoms with Crippen LogP contribution in [0.4, 0.5) is 0 Å². The Hall–Kier alpha value is -1.22. The van der Waals surface area contributed by atoms with Crippen molar-refractivity contribution in [3.05, 3.63) is 41.6 Å². The molecule has 72 valence electrons. The lowest BCUT2D eigenvalue weighted by Gasteiger charge is -2.06. The summed E-state index contributed by atoms with van der Waals surface area (Å²) in [6.07, 6.45) is 1.98. The molecule has 0 aliphatic carbocycles. The molecule has 1 aromatic carbocycles. The quantitative estimate of drug-likeness (QED) is 0.702. The van der Waals surface area contributed by atoms with Crippen LogP contribution in [-0.4, -0.2) is 24.1 Å². The molecule has 0 radical (unpaired) electrons. The third-order valence-corrected chi connectivity index (χ3v) is 2.94. The molecule has 0 amide bonds. The average Bonchev–Trinajstić information content (AvgIpc) is 2.44. The molecule has 2 nitrogen and oxygen atoms in total. The summed E-state index contributed by atoms with van der Waals surface area (Å²) >= 11 is 1.30. The summed E-state index contributed by atoms with van der Waals surface area (Å²) in [7, 11) is 3.91. The van der Waals surface area contributed by atoms with E-state index in [9.17, 15) is 4.79 Å². The van der Waals surface area contributed by atoms with Gasteiger partial charge in [-0.25, -0.2) is 0 Å². The fourth-order valence-corrected chi connectivity index (χ4v) is 2.46. The van der Waals surface area contributed by atoms with Gasteiger partial charge >= 0.3 is 0 Å². The molecule has 0 N–H and O–H groups in total. The lowest BCUT2D eigenvalue weighted by Crippen LogP contribution is -2.01. The Kier molecular flexibility index (Phi) is 2.33. The highest BCUT2D eigenvalue weighted by Crippen LogP contribution is 2.40. The predicted octanol–water partition coefficient (Wildman–Crippen LogP) is 2.43. The van der Waals surface area contributed by atoms with E-state index in [1.54, 1.807) is 0 Å². The standard InChI is InChI=1S/C11H11NOS/c1-12(2)7-10-8-5-3-4-6-9(8)11(13)14-10/h3-7H,1-2H3/b10-7+. The van der Waals surface area contributed by atoms with Crippen LogP contribution in [0.1, 0.15) is 15.9 Å². The van der Waals surface area contributed by atoms with Gasteiger partial charge in [0.05, 0.1) is 0 Å². The van der Waals surface area contributed by atoms with Crippen LogP contribution >= 0.6 is 11.8 Å². The highest BCUT2D eigenvalue weighted by Gasteiger charge is 2.24. The lowest BCUT2D eigenvalue weighted by molar-refractivity contribution is 0.109. The van der Waals surface area contributed by atoms with E-state index in [-0.39, 0.29) is 5.12 Å². The first-order valence-electron chi connectivity index (χ1n) is 4.38. The Morgan fingerprint density at radius 3 is 2.50 bits per heavy atom.